The van der Waals surface area contributed by atoms with E-state index in [-0.39, 0.29) is 6.04 Å². The van der Waals surface area contributed by atoms with Crippen molar-refractivity contribution in [3.05, 3.63) is 51.7 Å². The topological polar surface area (TPSA) is 87.1 Å². The number of rotatable bonds is 11. The minimum absolute atomic E-state index is 0.00469. The van der Waals surface area contributed by atoms with E-state index < -0.39 is 23.1 Å². The average molecular weight is 452 g/mol. The number of carbonyl (C=O) groups is 1. The third-order valence-corrected chi connectivity index (χ3v) is 7.80. The zero-order valence-corrected chi connectivity index (χ0v) is 18.8. The molecule has 1 aliphatic heterocycles. The number of aromatic carboxylic acids is 1. The van der Waals surface area contributed by atoms with E-state index in [1.807, 2.05) is 28.6 Å². The van der Waals surface area contributed by atoms with Gasteiger partial charge in [-0.15, -0.1) is 11.3 Å². The van der Waals surface area contributed by atoms with Crippen LogP contribution in [0.3, 0.4) is 0 Å². The molecular weight excluding hydrogens is 422 g/mol. The molecule has 0 amide bonds. The van der Waals surface area contributed by atoms with Crippen LogP contribution in [-0.2, 0) is 22.3 Å². The molecule has 0 bridgehead atoms. The van der Waals surface area contributed by atoms with E-state index in [0.29, 0.717) is 23.8 Å². The average Bonchev–Trinajstić information content (AvgIpc) is 3.35. The Labute approximate surface area is 184 Å². The lowest BCUT2D eigenvalue weighted by Crippen LogP contribution is -2.33. The summed E-state index contributed by atoms with van der Waals surface area (Å²) < 4.78 is 20.3. The van der Waals surface area contributed by atoms with Crippen LogP contribution in [-0.4, -0.2) is 38.8 Å². The number of thiophene rings is 1. The highest BCUT2D eigenvalue weighted by atomic mass is 32.2. The van der Waals surface area contributed by atoms with Crippen molar-refractivity contribution in [2.75, 3.05) is 16.7 Å². The number of aliphatic hydroxyl groups is 1. The van der Waals surface area contributed by atoms with Crippen LogP contribution < -0.4 is 4.31 Å². The lowest BCUT2D eigenvalue weighted by Gasteiger charge is -2.25. The van der Waals surface area contributed by atoms with E-state index in [1.165, 1.54) is 11.3 Å². The first-order chi connectivity index (χ1) is 14.5. The molecule has 6 nitrogen and oxygen atoms in total. The van der Waals surface area contributed by atoms with Crippen LogP contribution in [0.15, 0.2) is 36.4 Å². The summed E-state index contributed by atoms with van der Waals surface area (Å²) in [5.74, 6) is -0.333. The molecule has 1 saturated heterocycles. The molecule has 0 radical (unpaired) electrons. The monoisotopic (exact) mass is 451 g/mol. The van der Waals surface area contributed by atoms with Gasteiger partial charge in [0.05, 0.1) is 25.4 Å². The fourth-order valence-corrected chi connectivity index (χ4v) is 5.87. The Bertz CT molecular complexity index is 851. The smallest absolute Gasteiger partial charge is 0.345 e. The fourth-order valence-electron chi connectivity index (χ4n) is 3.56. The number of carboxylic acid groups (broad SMARTS) is 1. The summed E-state index contributed by atoms with van der Waals surface area (Å²) in [6.07, 6.45) is 4.32. The second-order valence-electron chi connectivity index (χ2n) is 7.48. The van der Waals surface area contributed by atoms with Crippen LogP contribution in [0, 0.1) is 0 Å². The first kappa shape index (κ1) is 22.9. The third kappa shape index (κ3) is 5.91. The van der Waals surface area contributed by atoms with Gasteiger partial charge >= 0.3 is 5.97 Å². The zero-order valence-electron chi connectivity index (χ0n) is 17.2. The second-order valence-corrected chi connectivity index (χ2v) is 10.1. The first-order valence-electron chi connectivity index (χ1n) is 10.3. The normalized spacial score (nSPS) is 19.9. The number of hydrogen-bond acceptors (Lipinski definition) is 5. The molecule has 0 aliphatic carbocycles. The van der Waals surface area contributed by atoms with Crippen LogP contribution in [0.4, 0.5) is 5.69 Å². The van der Waals surface area contributed by atoms with E-state index in [0.717, 1.165) is 48.2 Å². The molecule has 1 aromatic carbocycles. The molecule has 1 aromatic heterocycles. The molecule has 1 fully saturated rings. The van der Waals surface area contributed by atoms with Gasteiger partial charge in [0, 0.05) is 16.3 Å². The Hall–Kier alpha value is -1.74. The highest BCUT2D eigenvalue weighted by Gasteiger charge is 2.31. The number of nitrogens with zero attached hydrogens (tertiary/aromatic N) is 1. The highest BCUT2D eigenvalue weighted by molar-refractivity contribution is 7.86. The number of unbranched alkanes of at least 4 members (excludes halogenated alkanes) is 2. The number of anilines is 1. The Kier molecular flexibility index (Phi) is 8.44. The Balaban J connectivity index is 1.56. The largest absolute Gasteiger partial charge is 0.477 e. The van der Waals surface area contributed by atoms with Gasteiger partial charge < -0.3 is 14.9 Å². The van der Waals surface area contributed by atoms with Gasteiger partial charge in [0.25, 0.3) is 0 Å². The summed E-state index contributed by atoms with van der Waals surface area (Å²) in [5.41, 5.74) is 1.76. The SMILES string of the molecule is CCCCCC(O)c1ccc(N2C(COCc3ccc(C(=O)O)s3)CCS2=O)cc1. The minimum Gasteiger partial charge on any atom is -0.477 e. The lowest BCUT2D eigenvalue weighted by molar-refractivity contribution is 0.0702. The number of benzene rings is 1. The molecule has 2 heterocycles. The maximum atomic E-state index is 12.6. The molecule has 30 heavy (non-hydrogen) atoms. The predicted octanol–water partition coefficient (Wildman–Crippen LogP) is 4.52. The molecule has 3 atom stereocenters. The molecule has 3 rings (SSSR count). The fraction of sp³-hybridized carbons (Fsp3) is 0.500. The van der Waals surface area contributed by atoms with Gasteiger partial charge in [0.15, 0.2) is 0 Å². The van der Waals surface area contributed by atoms with Crippen LogP contribution in [0.25, 0.3) is 0 Å². The summed E-state index contributed by atoms with van der Waals surface area (Å²) >= 11 is 1.21. The summed E-state index contributed by atoms with van der Waals surface area (Å²) in [6.45, 7) is 2.91. The van der Waals surface area contributed by atoms with Crippen molar-refractivity contribution < 1.29 is 24.0 Å². The van der Waals surface area contributed by atoms with Crippen molar-refractivity contribution in [1.82, 2.24) is 0 Å². The van der Waals surface area contributed by atoms with E-state index in [4.69, 9.17) is 9.84 Å². The summed E-state index contributed by atoms with van der Waals surface area (Å²) in [7, 11) is -1.10. The third-order valence-electron chi connectivity index (χ3n) is 5.22. The highest BCUT2D eigenvalue weighted by Crippen LogP contribution is 2.29. The van der Waals surface area contributed by atoms with Gasteiger partial charge in [-0.2, -0.15) is 0 Å². The number of hydrogen-bond donors (Lipinski definition) is 2. The van der Waals surface area contributed by atoms with Crippen LogP contribution in [0.1, 0.15) is 65.2 Å². The Morgan fingerprint density at radius 2 is 2.03 bits per heavy atom. The second kappa shape index (κ2) is 11.0. The molecule has 164 valence electrons. The summed E-state index contributed by atoms with van der Waals surface area (Å²) in [5, 5.41) is 19.3. The van der Waals surface area contributed by atoms with Gasteiger partial charge in [-0.25, -0.2) is 9.00 Å². The Morgan fingerprint density at radius 3 is 2.70 bits per heavy atom. The van der Waals surface area contributed by atoms with Crippen molar-refractivity contribution in [2.24, 2.45) is 0 Å². The van der Waals surface area contributed by atoms with E-state index in [2.05, 4.69) is 6.92 Å². The molecular formula is C22H29NO5S2. The van der Waals surface area contributed by atoms with Crippen molar-refractivity contribution in [1.29, 1.82) is 0 Å². The predicted molar refractivity (Wildman–Crippen MR) is 120 cm³/mol. The van der Waals surface area contributed by atoms with Crippen LogP contribution in [0.5, 0.6) is 0 Å². The van der Waals surface area contributed by atoms with Crippen LogP contribution in [0.2, 0.25) is 0 Å². The maximum Gasteiger partial charge on any atom is 0.345 e. The molecule has 1 aliphatic rings. The van der Waals surface area contributed by atoms with E-state index in [9.17, 15) is 14.1 Å². The number of carboxylic acids is 1. The molecule has 0 spiro atoms. The molecule has 2 aromatic rings. The zero-order chi connectivity index (χ0) is 21.5. The van der Waals surface area contributed by atoms with Gasteiger partial charge in [-0.05, 0) is 42.7 Å². The first-order valence-corrected chi connectivity index (χ1v) is 12.4. The van der Waals surface area contributed by atoms with Gasteiger partial charge in [0.2, 0.25) is 0 Å². The van der Waals surface area contributed by atoms with Crippen molar-refractivity contribution >= 4 is 34.0 Å². The number of ether oxygens (including phenoxy) is 1. The van der Waals surface area contributed by atoms with Crippen molar-refractivity contribution in [3.63, 3.8) is 0 Å². The van der Waals surface area contributed by atoms with Crippen LogP contribution >= 0.6 is 11.3 Å². The maximum absolute atomic E-state index is 12.6. The Morgan fingerprint density at radius 1 is 1.27 bits per heavy atom. The lowest BCUT2D eigenvalue weighted by atomic mass is 10.0. The molecule has 0 saturated carbocycles. The van der Waals surface area contributed by atoms with Gasteiger partial charge in [-0.3, -0.25) is 4.31 Å². The molecule has 3 unspecified atom stereocenters. The quantitative estimate of drug-likeness (QED) is 0.491. The van der Waals surface area contributed by atoms with Crippen molar-refractivity contribution in [3.8, 4) is 0 Å². The van der Waals surface area contributed by atoms with Gasteiger partial charge in [-0.1, -0.05) is 38.3 Å². The van der Waals surface area contributed by atoms with Gasteiger partial charge in [0.1, 0.15) is 15.9 Å². The molecule has 8 heteroatoms. The summed E-state index contributed by atoms with van der Waals surface area (Å²) in [6, 6.07) is 11.0. The van der Waals surface area contributed by atoms with Crippen molar-refractivity contribution in [2.45, 2.75) is 57.8 Å². The van der Waals surface area contributed by atoms with E-state index >= 15 is 0 Å². The number of aliphatic hydroxyl groups excluding tert-OH is 1. The molecule has 2 N–H and O–H groups in total. The minimum atomic E-state index is -1.10. The summed E-state index contributed by atoms with van der Waals surface area (Å²) in [4.78, 5) is 12.1. The standard InChI is InChI=1S/C22H29NO5S2/c1-2-3-4-5-20(24)16-6-8-17(9-7-16)23-18(12-13-30(23)27)14-28-15-19-10-11-21(29-19)22(25)26/h6-11,18,20,24H,2-5,12-15H2,1H3,(H,25,26). The van der Waals surface area contributed by atoms with E-state index in [1.54, 1.807) is 12.1 Å².